The van der Waals surface area contributed by atoms with Crippen LogP contribution in [0.3, 0.4) is 0 Å². The van der Waals surface area contributed by atoms with Gasteiger partial charge in [0, 0.05) is 42.8 Å². The number of aromatic nitrogens is 1. The van der Waals surface area contributed by atoms with Crippen LogP contribution in [0.1, 0.15) is 30.9 Å². The predicted octanol–water partition coefficient (Wildman–Crippen LogP) is 2.27. The maximum atomic E-state index is 12.2. The fourth-order valence-corrected chi connectivity index (χ4v) is 3.47. The minimum absolute atomic E-state index is 0.526. The Bertz CT molecular complexity index is 692. The first-order valence-electron chi connectivity index (χ1n) is 8.53. The zero-order valence-corrected chi connectivity index (χ0v) is 15.9. The molecule has 0 aliphatic rings. The van der Waals surface area contributed by atoms with Gasteiger partial charge in [0.25, 0.3) is 0 Å². The topological polar surface area (TPSA) is 79.5 Å². The molecule has 6 nitrogen and oxygen atoms in total. The van der Waals surface area contributed by atoms with Crippen molar-refractivity contribution in [3.8, 4) is 0 Å². The third kappa shape index (κ3) is 5.42. The summed E-state index contributed by atoms with van der Waals surface area (Å²) in [5.41, 5.74) is 2.07. The van der Waals surface area contributed by atoms with Gasteiger partial charge in [-0.25, -0.2) is 0 Å². The van der Waals surface area contributed by atoms with E-state index in [4.69, 9.17) is 4.52 Å². The third-order valence-electron chi connectivity index (χ3n) is 3.85. The lowest BCUT2D eigenvalue weighted by Crippen LogP contribution is -2.38. The predicted molar refractivity (Wildman–Crippen MR) is 101 cm³/mol. The quantitative estimate of drug-likeness (QED) is 0.556. The highest BCUT2D eigenvalue weighted by Gasteiger charge is 2.13. The number of benzene rings is 1. The fourth-order valence-electron chi connectivity index (χ4n) is 2.48. The van der Waals surface area contributed by atoms with Crippen LogP contribution in [0.25, 0.3) is 0 Å². The molecule has 0 bridgehead atoms. The van der Waals surface area contributed by atoms with Gasteiger partial charge < -0.3 is 15.2 Å². The molecule has 1 atom stereocenters. The highest BCUT2D eigenvalue weighted by Crippen LogP contribution is 2.15. The van der Waals surface area contributed by atoms with Crippen molar-refractivity contribution in [3.63, 3.8) is 0 Å². The molecule has 0 aliphatic carbocycles. The number of nitrogens with zero attached hydrogens (tertiary/aromatic N) is 2. The molecule has 0 radical (unpaired) electrons. The zero-order valence-electron chi connectivity index (χ0n) is 15.0. The van der Waals surface area contributed by atoms with Crippen LogP contribution in [0.4, 0.5) is 0 Å². The van der Waals surface area contributed by atoms with Gasteiger partial charge in [0.15, 0.2) is 5.96 Å². The summed E-state index contributed by atoms with van der Waals surface area (Å²) in [7, 11) is 0.705. The number of guanidine groups is 1. The molecule has 0 spiro atoms. The van der Waals surface area contributed by atoms with Gasteiger partial charge >= 0.3 is 0 Å². The number of hydrogen-bond donors (Lipinski definition) is 2. The SMILES string of the molecule is CCc1noc(CC)c1CNC(=NC)NCCS(=O)c1ccccc1. The number of hydrogen-bond acceptors (Lipinski definition) is 4. The molecule has 1 aromatic heterocycles. The summed E-state index contributed by atoms with van der Waals surface area (Å²) in [5, 5.41) is 10.6. The van der Waals surface area contributed by atoms with Crippen LogP contribution < -0.4 is 10.6 Å². The lowest BCUT2D eigenvalue weighted by atomic mass is 10.1. The smallest absolute Gasteiger partial charge is 0.191 e. The van der Waals surface area contributed by atoms with Gasteiger partial charge in [-0.05, 0) is 18.6 Å². The molecule has 1 unspecified atom stereocenters. The van der Waals surface area contributed by atoms with E-state index in [2.05, 4.69) is 34.6 Å². The second-order valence-corrected chi connectivity index (χ2v) is 7.02. The maximum absolute atomic E-state index is 12.2. The molecule has 2 aromatic rings. The van der Waals surface area contributed by atoms with Gasteiger partial charge in [-0.15, -0.1) is 0 Å². The van der Waals surface area contributed by atoms with Crippen LogP contribution in [0.5, 0.6) is 0 Å². The van der Waals surface area contributed by atoms with Crippen molar-refractivity contribution in [2.24, 2.45) is 4.99 Å². The third-order valence-corrected chi connectivity index (χ3v) is 5.22. The van der Waals surface area contributed by atoms with Gasteiger partial charge in [-0.2, -0.15) is 0 Å². The molecule has 7 heteroatoms. The first-order valence-corrected chi connectivity index (χ1v) is 9.85. The van der Waals surface area contributed by atoms with Crippen molar-refractivity contribution < 1.29 is 8.73 Å². The fraction of sp³-hybridized carbons (Fsp3) is 0.444. The highest BCUT2D eigenvalue weighted by molar-refractivity contribution is 7.85. The Kier molecular flexibility index (Phi) is 7.66. The molecule has 2 N–H and O–H groups in total. The van der Waals surface area contributed by atoms with E-state index in [1.54, 1.807) is 7.05 Å². The lowest BCUT2D eigenvalue weighted by molar-refractivity contribution is 0.380. The Morgan fingerprint density at radius 2 is 1.96 bits per heavy atom. The average Bonchev–Trinajstić information content (AvgIpc) is 3.07. The van der Waals surface area contributed by atoms with Crippen LogP contribution in [0.2, 0.25) is 0 Å². The van der Waals surface area contributed by atoms with Crippen LogP contribution in [0.15, 0.2) is 44.7 Å². The lowest BCUT2D eigenvalue weighted by Gasteiger charge is -2.12. The van der Waals surface area contributed by atoms with Crippen molar-refractivity contribution >= 4 is 16.8 Å². The van der Waals surface area contributed by atoms with E-state index in [0.29, 0.717) is 24.8 Å². The molecule has 0 aliphatic heterocycles. The summed E-state index contributed by atoms with van der Waals surface area (Å²) >= 11 is 0. The summed E-state index contributed by atoms with van der Waals surface area (Å²) in [5.74, 6) is 2.11. The molecule has 1 aromatic carbocycles. The number of aryl methyl sites for hydroxylation is 2. The average molecular weight is 362 g/mol. The van der Waals surface area contributed by atoms with Crippen molar-refractivity contribution in [1.29, 1.82) is 0 Å². The normalized spacial score (nSPS) is 12.8. The highest BCUT2D eigenvalue weighted by atomic mass is 32.2. The first-order chi connectivity index (χ1) is 12.2. The Hall–Kier alpha value is -2.15. The summed E-state index contributed by atoms with van der Waals surface area (Å²) in [6.45, 7) is 5.30. The molecule has 0 amide bonds. The molecule has 1 heterocycles. The molecular formula is C18H26N4O2S. The van der Waals surface area contributed by atoms with Gasteiger partial charge in [-0.1, -0.05) is 37.2 Å². The summed E-state index contributed by atoms with van der Waals surface area (Å²) < 4.78 is 17.6. The summed E-state index contributed by atoms with van der Waals surface area (Å²) in [6, 6.07) is 9.49. The van der Waals surface area contributed by atoms with E-state index >= 15 is 0 Å². The Balaban J connectivity index is 1.83. The minimum Gasteiger partial charge on any atom is -0.361 e. The molecule has 25 heavy (non-hydrogen) atoms. The maximum Gasteiger partial charge on any atom is 0.191 e. The van der Waals surface area contributed by atoms with Crippen molar-refractivity contribution in [2.75, 3.05) is 19.3 Å². The molecule has 0 saturated heterocycles. The number of aliphatic imine (C=N–C) groups is 1. The minimum atomic E-state index is -1.02. The largest absolute Gasteiger partial charge is 0.361 e. The van der Waals surface area contributed by atoms with Crippen LogP contribution in [0, 0.1) is 0 Å². The summed E-state index contributed by atoms with van der Waals surface area (Å²) in [6.07, 6.45) is 1.65. The molecule has 0 saturated carbocycles. The first kappa shape index (κ1) is 19.2. The second-order valence-electron chi connectivity index (χ2n) is 5.45. The van der Waals surface area contributed by atoms with Crippen molar-refractivity contribution in [2.45, 2.75) is 38.1 Å². The monoisotopic (exact) mass is 362 g/mol. The van der Waals surface area contributed by atoms with Crippen LogP contribution >= 0.6 is 0 Å². The van der Waals surface area contributed by atoms with Crippen molar-refractivity contribution in [3.05, 3.63) is 47.3 Å². The number of nitrogens with one attached hydrogen (secondary N) is 2. The standard InChI is InChI=1S/C18H26N4O2S/c1-4-16-15(17(5-2)24-22-16)13-21-18(19-3)20-11-12-25(23)14-9-7-6-8-10-14/h6-10H,4-5,11-13H2,1-3H3,(H2,19,20,21). The van der Waals surface area contributed by atoms with E-state index in [1.165, 1.54) is 0 Å². The number of rotatable bonds is 8. The van der Waals surface area contributed by atoms with Gasteiger partial charge in [0.1, 0.15) is 5.76 Å². The van der Waals surface area contributed by atoms with Gasteiger partial charge in [0.2, 0.25) is 0 Å². The van der Waals surface area contributed by atoms with Crippen molar-refractivity contribution in [1.82, 2.24) is 15.8 Å². The van der Waals surface area contributed by atoms with Crippen LogP contribution in [-0.2, 0) is 30.2 Å². The van der Waals surface area contributed by atoms with E-state index < -0.39 is 10.8 Å². The summed E-state index contributed by atoms with van der Waals surface area (Å²) in [4.78, 5) is 5.06. The Labute approximate surface area is 151 Å². The molecule has 0 fully saturated rings. The van der Waals surface area contributed by atoms with Gasteiger partial charge in [-0.3, -0.25) is 9.20 Å². The molecule has 136 valence electrons. The van der Waals surface area contributed by atoms with Crippen LogP contribution in [-0.4, -0.2) is 34.7 Å². The molecular weight excluding hydrogens is 336 g/mol. The van der Waals surface area contributed by atoms with Gasteiger partial charge in [0.05, 0.1) is 16.5 Å². The second kappa shape index (κ2) is 9.98. The van der Waals surface area contributed by atoms with E-state index in [1.807, 2.05) is 30.3 Å². The van der Waals surface area contributed by atoms with E-state index in [9.17, 15) is 4.21 Å². The Morgan fingerprint density at radius 1 is 1.20 bits per heavy atom. The zero-order chi connectivity index (χ0) is 18.1. The van der Waals surface area contributed by atoms with E-state index in [-0.39, 0.29) is 0 Å². The Morgan fingerprint density at radius 3 is 2.60 bits per heavy atom. The van der Waals surface area contributed by atoms with E-state index in [0.717, 1.165) is 34.8 Å². The molecule has 2 rings (SSSR count).